The number of H-pyrrole nitrogens is 1. The van der Waals surface area contributed by atoms with Crippen LogP contribution in [0.15, 0.2) is 9.59 Å². The molecule has 0 spiro atoms. The van der Waals surface area contributed by atoms with Crippen LogP contribution < -0.4 is 21.9 Å². The van der Waals surface area contributed by atoms with E-state index in [0.717, 1.165) is 0 Å². The van der Waals surface area contributed by atoms with Crippen LogP contribution in [0, 0.1) is 0 Å². The third kappa shape index (κ3) is 2.44. The second kappa shape index (κ2) is 5.29. The molecule has 112 valence electrons. The molecule has 1 aliphatic rings. The average molecular weight is 284 g/mol. The molecule has 1 fully saturated rings. The molecule has 1 aromatic heterocycles. The van der Waals surface area contributed by atoms with Crippen molar-refractivity contribution in [2.75, 3.05) is 37.4 Å². The summed E-state index contributed by atoms with van der Waals surface area (Å²) in [5.74, 6) is 0.106. The summed E-state index contributed by atoms with van der Waals surface area (Å²) >= 11 is 0. The SMILES string of the molecule is CCC1(O)CN(c2c(N)n(CCOC)c(=O)[nH]c2=O)C1. The monoisotopic (exact) mass is 284 g/mol. The third-order valence-corrected chi connectivity index (χ3v) is 3.68. The van der Waals surface area contributed by atoms with E-state index in [0.29, 0.717) is 26.1 Å². The quantitative estimate of drug-likeness (QED) is 0.621. The Hall–Kier alpha value is -1.80. The van der Waals surface area contributed by atoms with Crippen molar-refractivity contribution in [3.8, 4) is 0 Å². The van der Waals surface area contributed by atoms with Crippen molar-refractivity contribution < 1.29 is 9.84 Å². The summed E-state index contributed by atoms with van der Waals surface area (Å²) in [6.45, 7) is 3.12. The van der Waals surface area contributed by atoms with E-state index in [4.69, 9.17) is 10.5 Å². The van der Waals surface area contributed by atoms with Crippen molar-refractivity contribution in [1.29, 1.82) is 0 Å². The molecular weight excluding hydrogens is 264 g/mol. The zero-order valence-electron chi connectivity index (χ0n) is 11.7. The summed E-state index contributed by atoms with van der Waals surface area (Å²) in [6.07, 6.45) is 0.602. The number of rotatable bonds is 5. The number of nitrogens with one attached hydrogen (secondary N) is 1. The molecule has 4 N–H and O–H groups in total. The number of aromatic amines is 1. The first-order valence-electron chi connectivity index (χ1n) is 6.50. The van der Waals surface area contributed by atoms with E-state index in [1.54, 1.807) is 4.90 Å². The average Bonchev–Trinajstić information content (AvgIpc) is 2.35. The number of nitrogen functional groups attached to an aromatic ring is 1. The van der Waals surface area contributed by atoms with Gasteiger partial charge in [0.2, 0.25) is 0 Å². The van der Waals surface area contributed by atoms with Gasteiger partial charge in [0.05, 0.1) is 18.8 Å². The van der Waals surface area contributed by atoms with Crippen LogP contribution in [0.5, 0.6) is 0 Å². The highest BCUT2D eigenvalue weighted by Crippen LogP contribution is 2.30. The first-order chi connectivity index (χ1) is 9.41. The summed E-state index contributed by atoms with van der Waals surface area (Å²) in [7, 11) is 1.52. The van der Waals surface area contributed by atoms with Gasteiger partial charge in [-0.15, -0.1) is 0 Å². The number of hydrogen-bond donors (Lipinski definition) is 3. The Morgan fingerprint density at radius 1 is 1.45 bits per heavy atom. The predicted molar refractivity (Wildman–Crippen MR) is 75.1 cm³/mol. The minimum Gasteiger partial charge on any atom is -0.386 e. The van der Waals surface area contributed by atoms with Crippen LogP contribution in [0.2, 0.25) is 0 Å². The summed E-state index contributed by atoms with van der Waals surface area (Å²) in [5, 5.41) is 10.0. The van der Waals surface area contributed by atoms with Crippen LogP contribution >= 0.6 is 0 Å². The summed E-state index contributed by atoms with van der Waals surface area (Å²) < 4.78 is 6.18. The molecule has 0 aliphatic carbocycles. The molecular formula is C12H20N4O4. The number of hydrogen-bond acceptors (Lipinski definition) is 6. The smallest absolute Gasteiger partial charge is 0.330 e. The summed E-state index contributed by atoms with van der Waals surface area (Å²) in [5.41, 5.74) is 4.30. The maximum Gasteiger partial charge on any atom is 0.330 e. The normalized spacial score (nSPS) is 17.1. The molecule has 0 amide bonds. The molecule has 0 aromatic carbocycles. The molecule has 2 heterocycles. The van der Waals surface area contributed by atoms with Crippen LogP contribution in [0.3, 0.4) is 0 Å². The van der Waals surface area contributed by atoms with E-state index in [1.165, 1.54) is 11.7 Å². The molecule has 0 unspecified atom stereocenters. The standard InChI is InChI=1S/C12H20N4O4/c1-3-12(19)6-15(7-12)8-9(13)16(4-5-20-2)11(18)14-10(8)17/h19H,3-7,13H2,1-2H3,(H,14,17,18). The van der Waals surface area contributed by atoms with Crippen LogP contribution in [0.4, 0.5) is 11.5 Å². The van der Waals surface area contributed by atoms with Gasteiger partial charge >= 0.3 is 5.69 Å². The van der Waals surface area contributed by atoms with Gasteiger partial charge in [-0.25, -0.2) is 4.79 Å². The Balaban J connectivity index is 2.35. The lowest BCUT2D eigenvalue weighted by atomic mass is 9.91. The minimum absolute atomic E-state index is 0.106. The molecule has 2 rings (SSSR count). The van der Waals surface area contributed by atoms with E-state index in [-0.39, 0.29) is 18.1 Å². The zero-order valence-corrected chi connectivity index (χ0v) is 11.7. The molecule has 1 aliphatic heterocycles. The fraction of sp³-hybridized carbons (Fsp3) is 0.667. The van der Waals surface area contributed by atoms with E-state index in [9.17, 15) is 14.7 Å². The van der Waals surface area contributed by atoms with Gasteiger partial charge in [-0.1, -0.05) is 6.92 Å². The van der Waals surface area contributed by atoms with Crippen LogP contribution in [-0.2, 0) is 11.3 Å². The number of nitrogens with zero attached hydrogens (tertiary/aromatic N) is 2. The van der Waals surface area contributed by atoms with E-state index < -0.39 is 16.9 Å². The minimum atomic E-state index is -0.785. The molecule has 0 radical (unpaired) electrons. The van der Waals surface area contributed by atoms with Gasteiger partial charge in [0.1, 0.15) is 11.5 Å². The number of β-amino-alcohol motifs (C(OH)–C–C–N with tert-alkyl or cyclic N) is 1. The van der Waals surface area contributed by atoms with Gasteiger partial charge in [0.25, 0.3) is 5.56 Å². The Labute approximate surface area is 115 Å². The van der Waals surface area contributed by atoms with Crippen molar-refractivity contribution >= 4 is 11.5 Å². The first kappa shape index (κ1) is 14.6. The lowest BCUT2D eigenvalue weighted by Gasteiger charge is -2.47. The van der Waals surface area contributed by atoms with E-state index in [1.807, 2.05) is 6.92 Å². The predicted octanol–water partition coefficient (Wildman–Crippen LogP) is -1.27. The van der Waals surface area contributed by atoms with Gasteiger partial charge in [-0.2, -0.15) is 0 Å². The lowest BCUT2D eigenvalue weighted by Crippen LogP contribution is -2.63. The molecule has 0 saturated carbocycles. The fourth-order valence-electron chi connectivity index (χ4n) is 2.33. The maximum atomic E-state index is 11.9. The van der Waals surface area contributed by atoms with E-state index >= 15 is 0 Å². The molecule has 8 nitrogen and oxygen atoms in total. The van der Waals surface area contributed by atoms with Crippen LogP contribution in [-0.4, -0.2) is 47.1 Å². The Kier molecular flexibility index (Phi) is 3.87. The van der Waals surface area contributed by atoms with Gasteiger partial charge in [-0.3, -0.25) is 14.3 Å². The number of ether oxygens (including phenoxy) is 1. The molecule has 20 heavy (non-hydrogen) atoms. The molecule has 0 bridgehead atoms. The van der Waals surface area contributed by atoms with Crippen molar-refractivity contribution in [1.82, 2.24) is 9.55 Å². The number of aromatic nitrogens is 2. The number of aliphatic hydroxyl groups is 1. The largest absolute Gasteiger partial charge is 0.386 e. The topological polar surface area (TPSA) is 114 Å². The highest BCUT2D eigenvalue weighted by Gasteiger charge is 2.41. The molecule has 8 heteroatoms. The van der Waals surface area contributed by atoms with Gasteiger partial charge in [0.15, 0.2) is 0 Å². The Morgan fingerprint density at radius 2 is 2.10 bits per heavy atom. The number of anilines is 2. The first-order valence-corrected chi connectivity index (χ1v) is 6.50. The van der Waals surface area contributed by atoms with Gasteiger partial charge < -0.3 is 20.5 Å². The number of nitrogens with two attached hydrogens (primary N) is 1. The van der Waals surface area contributed by atoms with E-state index in [2.05, 4.69) is 4.98 Å². The summed E-state index contributed by atoms with van der Waals surface area (Å²) in [6, 6.07) is 0. The van der Waals surface area contributed by atoms with Crippen molar-refractivity contribution in [2.45, 2.75) is 25.5 Å². The zero-order chi connectivity index (χ0) is 14.9. The second-order valence-corrected chi connectivity index (χ2v) is 5.07. The highest BCUT2D eigenvalue weighted by atomic mass is 16.5. The van der Waals surface area contributed by atoms with Crippen molar-refractivity contribution in [3.05, 3.63) is 20.8 Å². The van der Waals surface area contributed by atoms with Crippen molar-refractivity contribution in [2.24, 2.45) is 0 Å². The highest BCUT2D eigenvalue weighted by molar-refractivity contribution is 5.64. The van der Waals surface area contributed by atoms with Gasteiger partial charge in [-0.05, 0) is 6.42 Å². The maximum absolute atomic E-state index is 11.9. The third-order valence-electron chi connectivity index (χ3n) is 3.68. The van der Waals surface area contributed by atoms with Gasteiger partial charge in [0, 0.05) is 20.2 Å². The summed E-state index contributed by atoms with van der Waals surface area (Å²) in [4.78, 5) is 27.6. The molecule has 1 aromatic rings. The Bertz CT molecular complexity index is 600. The number of methoxy groups -OCH3 is 1. The fourth-order valence-corrected chi connectivity index (χ4v) is 2.33. The second-order valence-electron chi connectivity index (χ2n) is 5.07. The Morgan fingerprint density at radius 3 is 2.65 bits per heavy atom. The molecule has 1 saturated heterocycles. The van der Waals surface area contributed by atoms with Crippen LogP contribution in [0.1, 0.15) is 13.3 Å². The molecule has 0 atom stereocenters. The lowest BCUT2D eigenvalue weighted by molar-refractivity contribution is 0.00839. The van der Waals surface area contributed by atoms with Crippen LogP contribution in [0.25, 0.3) is 0 Å². The van der Waals surface area contributed by atoms with Crippen molar-refractivity contribution in [3.63, 3.8) is 0 Å².